The van der Waals surface area contributed by atoms with Gasteiger partial charge in [0.15, 0.2) is 5.75 Å². The molecule has 4 nitrogen and oxygen atoms in total. The lowest BCUT2D eigenvalue weighted by molar-refractivity contribution is 0.411. The van der Waals surface area contributed by atoms with Gasteiger partial charge in [-0.15, -0.1) is 0 Å². The summed E-state index contributed by atoms with van der Waals surface area (Å²) in [5.74, 6) is 0.802. The fourth-order valence-electron chi connectivity index (χ4n) is 2.31. The van der Waals surface area contributed by atoms with Gasteiger partial charge in [0.1, 0.15) is 0 Å². The monoisotopic (exact) mass is 218 g/mol. The topological polar surface area (TPSA) is 58.3 Å². The zero-order valence-electron chi connectivity index (χ0n) is 8.94. The van der Waals surface area contributed by atoms with Gasteiger partial charge in [0, 0.05) is 5.39 Å². The van der Waals surface area contributed by atoms with Crippen LogP contribution in [0.15, 0.2) is 22.7 Å². The summed E-state index contributed by atoms with van der Waals surface area (Å²) in [6, 6.07) is 5.39. The van der Waals surface area contributed by atoms with Gasteiger partial charge in [0.2, 0.25) is 5.58 Å². The Morgan fingerprint density at radius 1 is 1.50 bits per heavy atom. The Hall–Kier alpha value is -1.55. The Kier molecular flexibility index (Phi) is 2.29. The molecule has 1 fully saturated rings. The lowest BCUT2D eigenvalue weighted by Crippen LogP contribution is -2.10. The Morgan fingerprint density at radius 2 is 2.44 bits per heavy atom. The first kappa shape index (κ1) is 9.66. The van der Waals surface area contributed by atoms with Gasteiger partial charge in [-0.25, -0.2) is 0 Å². The highest BCUT2D eigenvalue weighted by molar-refractivity contribution is 5.84. The van der Waals surface area contributed by atoms with E-state index in [0.29, 0.717) is 11.5 Å². The number of aromatic hydroxyl groups is 1. The molecule has 1 saturated heterocycles. The number of hydrogen-bond donors (Lipinski definition) is 2. The molecule has 0 spiro atoms. The highest BCUT2D eigenvalue weighted by atomic mass is 16.5. The first-order valence-corrected chi connectivity index (χ1v) is 5.61. The number of para-hydroxylation sites is 1. The predicted molar refractivity (Wildman–Crippen MR) is 60.4 cm³/mol. The zero-order valence-corrected chi connectivity index (χ0v) is 8.94. The van der Waals surface area contributed by atoms with Gasteiger partial charge >= 0.3 is 0 Å². The maximum Gasteiger partial charge on any atom is 0.208 e. The highest BCUT2D eigenvalue weighted by Crippen LogP contribution is 2.28. The van der Waals surface area contributed by atoms with Gasteiger partial charge in [-0.05, 0) is 44.0 Å². The number of nitrogens with one attached hydrogen (secondary N) is 1. The van der Waals surface area contributed by atoms with Crippen molar-refractivity contribution in [3.8, 4) is 5.75 Å². The molecule has 16 heavy (non-hydrogen) atoms. The van der Waals surface area contributed by atoms with E-state index < -0.39 is 0 Å². The van der Waals surface area contributed by atoms with Crippen molar-refractivity contribution in [3.63, 3.8) is 0 Å². The summed E-state index contributed by atoms with van der Waals surface area (Å²) in [7, 11) is 0. The standard InChI is InChI=1S/C12H14N2O2/c15-11-3-1-2-9-10(14-16-12(9)11)6-8-4-5-13-7-8/h1-3,8,13,15H,4-7H2. The van der Waals surface area contributed by atoms with Crippen molar-refractivity contribution in [2.45, 2.75) is 12.8 Å². The molecular weight excluding hydrogens is 204 g/mol. The van der Waals surface area contributed by atoms with Crippen LogP contribution >= 0.6 is 0 Å². The van der Waals surface area contributed by atoms with Crippen molar-refractivity contribution in [1.82, 2.24) is 10.5 Å². The zero-order chi connectivity index (χ0) is 11.0. The molecule has 0 amide bonds. The van der Waals surface area contributed by atoms with Crippen LogP contribution in [0.4, 0.5) is 0 Å². The van der Waals surface area contributed by atoms with Crippen LogP contribution in [0.25, 0.3) is 11.0 Å². The number of fused-ring (bicyclic) bond motifs is 1. The van der Waals surface area contributed by atoms with E-state index in [1.807, 2.05) is 12.1 Å². The smallest absolute Gasteiger partial charge is 0.208 e. The van der Waals surface area contributed by atoms with Crippen LogP contribution in [-0.4, -0.2) is 23.4 Å². The summed E-state index contributed by atoms with van der Waals surface area (Å²) >= 11 is 0. The number of phenols is 1. The molecule has 0 saturated carbocycles. The fourth-order valence-corrected chi connectivity index (χ4v) is 2.31. The summed E-state index contributed by atoms with van der Waals surface area (Å²) in [4.78, 5) is 0. The lowest BCUT2D eigenvalue weighted by Gasteiger charge is -2.04. The lowest BCUT2D eigenvalue weighted by atomic mass is 10.0. The van der Waals surface area contributed by atoms with E-state index in [1.54, 1.807) is 6.07 Å². The number of hydrogen-bond acceptors (Lipinski definition) is 4. The molecule has 1 aromatic heterocycles. The van der Waals surface area contributed by atoms with E-state index in [-0.39, 0.29) is 5.75 Å². The molecule has 2 heterocycles. The Balaban J connectivity index is 1.94. The third kappa shape index (κ3) is 1.55. The quantitative estimate of drug-likeness (QED) is 0.805. The molecule has 4 heteroatoms. The Bertz CT molecular complexity index is 501. The number of phenolic OH excluding ortho intramolecular Hbond substituents is 1. The van der Waals surface area contributed by atoms with Crippen LogP contribution in [0, 0.1) is 5.92 Å². The van der Waals surface area contributed by atoms with Crippen LogP contribution in [-0.2, 0) is 6.42 Å². The van der Waals surface area contributed by atoms with Crippen LogP contribution in [0.2, 0.25) is 0 Å². The van der Waals surface area contributed by atoms with E-state index in [9.17, 15) is 5.11 Å². The minimum Gasteiger partial charge on any atom is -0.504 e. The Morgan fingerprint density at radius 3 is 3.25 bits per heavy atom. The van der Waals surface area contributed by atoms with Crippen LogP contribution in [0.1, 0.15) is 12.1 Å². The minimum absolute atomic E-state index is 0.167. The van der Waals surface area contributed by atoms with Crippen molar-refractivity contribution in [2.75, 3.05) is 13.1 Å². The molecule has 1 aliphatic rings. The van der Waals surface area contributed by atoms with Crippen LogP contribution in [0.5, 0.6) is 5.75 Å². The minimum atomic E-state index is 0.167. The van der Waals surface area contributed by atoms with Gasteiger partial charge in [-0.2, -0.15) is 0 Å². The Labute approximate surface area is 93.2 Å². The SMILES string of the molecule is Oc1cccc2c(CC3CCNC3)noc12. The van der Waals surface area contributed by atoms with Crippen molar-refractivity contribution >= 4 is 11.0 Å². The third-order valence-corrected chi connectivity index (χ3v) is 3.20. The van der Waals surface area contributed by atoms with E-state index in [1.165, 1.54) is 6.42 Å². The third-order valence-electron chi connectivity index (χ3n) is 3.20. The molecule has 84 valence electrons. The summed E-state index contributed by atoms with van der Waals surface area (Å²) in [5.41, 5.74) is 1.46. The average molecular weight is 218 g/mol. The van der Waals surface area contributed by atoms with Crippen molar-refractivity contribution in [1.29, 1.82) is 0 Å². The number of aromatic nitrogens is 1. The number of benzene rings is 1. The maximum atomic E-state index is 9.60. The predicted octanol–water partition coefficient (Wildman–Crippen LogP) is 1.69. The van der Waals surface area contributed by atoms with Crippen molar-refractivity contribution in [3.05, 3.63) is 23.9 Å². The van der Waals surface area contributed by atoms with E-state index in [0.717, 1.165) is 30.6 Å². The van der Waals surface area contributed by atoms with Crippen molar-refractivity contribution < 1.29 is 9.63 Å². The second-order valence-electron chi connectivity index (χ2n) is 4.35. The van der Waals surface area contributed by atoms with Crippen LogP contribution < -0.4 is 5.32 Å². The number of rotatable bonds is 2. The van der Waals surface area contributed by atoms with Crippen molar-refractivity contribution in [2.24, 2.45) is 5.92 Å². The molecule has 1 aromatic carbocycles. The summed E-state index contributed by atoms with van der Waals surface area (Å²) in [6.45, 7) is 2.14. The molecule has 0 radical (unpaired) electrons. The first-order chi connectivity index (χ1) is 7.84. The van der Waals surface area contributed by atoms with Gasteiger partial charge in [0.25, 0.3) is 0 Å². The summed E-state index contributed by atoms with van der Waals surface area (Å²) in [5, 5.41) is 17.9. The van der Waals surface area contributed by atoms with Gasteiger partial charge in [-0.3, -0.25) is 0 Å². The maximum absolute atomic E-state index is 9.60. The molecule has 3 rings (SSSR count). The second-order valence-corrected chi connectivity index (χ2v) is 4.35. The van der Waals surface area contributed by atoms with E-state index in [4.69, 9.17) is 4.52 Å². The summed E-state index contributed by atoms with van der Waals surface area (Å²) < 4.78 is 5.17. The molecule has 1 unspecified atom stereocenters. The first-order valence-electron chi connectivity index (χ1n) is 5.61. The van der Waals surface area contributed by atoms with E-state index >= 15 is 0 Å². The molecule has 1 aliphatic heterocycles. The summed E-state index contributed by atoms with van der Waals surface area (Å²) in [6.07, 6.45) is 2.11. The van der Waals surface area contributed by atoms with Crippen LogP contribution in [0.3, 0.4) is 0 Å². The largest absolute Gasteiger partial charge is 0.504 e. The van der Waals surface area contributed by atoms with E-state index in [2.05, 4.69) is 10.5 Å². The molecule has 0 aliphatic carbocycles. The molecule has 2 N–H and O–H groups in total. The van der Waals surface area contributed by atoms with Gasteiger partial charge < -0.3 is 14.9 Å². The molecule has 0 bridgehead atoms. The molecule has 2 aromatic rings. The van der Waals surface area contributed by atoms with Gasteiger partial charge in [-0.1, -0.05) is 11.2 Å². The average Bonchev–Trinajstić information content (AvgIpc) is 2.90. The second kappa shape index (κ2) is 3.79. The highest BCUT2D eigenvalue weighted by Gasteiger charge is 2.19. The fraction of sp³-hybridized carbons (Fsp3) is 0.417. The number of nitrogens with zero attached hydrogens (tertiary/aromatic N) is 1. The molecule has 1 atom stereocenters. The van der Waals surface area contributed by atoms with Gasteiger partial charge in [0.05, 0.1) is 5.69 Å². The normalized spacial score (nSPS) is 20.6. The molecular formula is C12H14N2O2.